The summed E-state index contributed by atoms with van der Waals surface area (Å²) in [6, 6.07) is 7.40. The molecule has 140 valence electrons. The van der Waals surface area contributed by atoms with Crippen LogP contribution >= 0.6 is 11.6 Å². The van der Waals surface area contributed by atoms with Crippen molar-refractivity contribution in [3.63, 3.8) is 0 Å². The van der Waals surface area contributed by atoms with E-state index >= 15 is 0 Å². The van der Waals surface area contributed by atoms with Gasteiger partial charge in [0.1, 0.15) is 12.1 Å². The number of nitrogen functional groups attached to an aromatic ring is 1. The van der Waals surface area contributed by atoms with Crippen LogP contribution in [0.2, 0.25) is 5.02 Å². The van der Waals surface area contributed by atoms with Crippen LogP contribution in [-0.4, -0.2) is 42.3 Å². The predicted molar refractivity (Wildman–Crippen MR) is 91.3 cm³/mol. The molecular formula is C15H11ClF3N7O. The number of aromatic nitrogens is 4. The second kappa shape index (κ2) is 5.79. The molecule has 1 aliphatic heterocycles. The summed E-state index contributed by atoms with van der Waals surface area (Å²) in [7, 11) is 0. The lowest BCUT2D eigenvalue weighted by molar-refractivity contribution is -0.254. The van der Waals surface area contributed by atoms with Gasteiger partial charge >= 0.3 is 6.18 Å². The number of hydrogen-bond donors (Lipinski definition) is 2. The Bertz CT molecular complexity index is 1050. The molecule has 0 bridgehead atoms. The van der Waals surface area contributed by atoms with E-state index in [1.54, 1.807) is 0 Å². The Morgan fingerprint density at radius 1 is 1.22 bits per heavy atom. The minimum atomic E-state index is -5.04. The number of hydrazone groups is 1. The molecule has 2 aromatic heterocycles. The first-order chi connectivity index (χ1) is 12.7. The Kier molecular flexibility index (Phi) is 3.75. The van der Waals surface area contributed by atoms with Gasteiger partial charge < -0.3 is 10.8 Å². The van der Waals surface area contributed by atoms with Gasteiger partial charge in [-0.2, -0.15) is 37.9 Å². The van der Waals surface area contributed by atoms with E-state index < -0.39 is 24.3 Å². The van der Waals surface area contributed by atoms with Crippen LogP contribution in [0.3, 0.4) is 0 Å². The third kappa shape index (κ3) is 2.75. The van der Waals surface area contributed by atoms with Crippen LogP contribution in [0.25, 0.3) is 5.65 Å². The molecule has 0 radical (unpaired) electrons. The van der Waals surface area contributed by atoms with E-state index in [-0.39, 0.29) is 17.2 Å². The van der Waals surface area contributed by atoms with Gasteiger partial charge in [-0.3, -0.25) is 0 Å². The maximum Gasteiger partial charge on any atom is 0.438 e. The number of hydrogen-bond acceptors (Lipinski definition) is 7. The number of nitrogens with zero attached hydrogens (tertiary/aromatic N) is 6. The highest BCUT2D eigenvalue weighted by atomic mass is 35.5. The molecule has 0 saturated heterocycles. The maximum atomic E-state index is 13.8. The fourth-order valence-corrected chi connectivity index (χ4v) is 2.87. The summed E-state index contributed by atoms with van der Waals surface area (Å²) >= 11 is 5.82. The van der Waals surface area contributed by atoms with Crippen molar-refractivity contribution >= 4 is 34.7 Å². The van der Waals surface area contributed by atoms with Gasteiger partial charge in [0.2, 0.25) is 0 Å². The molecule has 1 aromatic carbocycles. The van der Waals surface area contributed by atoms with Gasteiger partial charge in [-0.25, -0.2) is 4.98 Å². The smallest absolute Gasteiger partial charge is 0.383 e. The molecule has 1 aliphatic rings. The summed E-state index contributed by atoms with van der Waals surface area (Å²) in [6.45, 7) is 0. The second-order valence-corrected chi connectivity index (χ2v) is 6.30. The lowest BCUT2D eigenvalue weighted by Crippen LogP contribution is -2.55. The third-order valence-electron chi connectivity index (χ3n) is 4.08. The molecule has 0 fully saturated rings. The fourth-order valence-electron chi connectivity index (χ4n) is 2.75. The first kappa shape index (κ1) is 17.5. The Morgan fingerprint density at radius 2 is 1.93 bits per heavy atom. The van der Waals surface area contributed by atoms with Crippen LogP contribution in [0.1, 0.15) is 12.0 Å². The predicted octanol–water partition coefficient (Wildman–Crippen LogP) is 2.23. The van der Waals surface area contributed by atoms with Crippen molar-refractivity contribution in [2.45, 2.75) is 18.3 Å². The quantitative estimate of drug-likeness (QED) is 0.687. The van der Waals surface area contributed by atoms with Gasteiger partial charge in [-0.05, 0) is 17.7 Å². The Balaban J connectivity index is 1.90. The molecule has 3 N–H and O–H groups in total. The molecule has 1 atom stereocenters. The zero-order valence-electron chi connectivity index (χ0n) is 13.4. The number of aliphatic hydroxyl groups is 1. The molecule has 27 heavy (non-hydrogen) atoms. The highest BCUT2D eigenvalue weighted by molar-refractivity contribution is 6.30. The van der Waals surface area contributed by atoms with Crippen LogP contribution < -0.4 is 10.7 Å². The van der Waals surface area contributed by atoms with Crippen molar-refractivity contribution in [1.82, 2.24) is 19.6 Å². The molecule has 0 aliphatic carbocycles. The van der Waals surface area contributed by atoms with Crippen molar-refractivity contribution in [2.24, 2.45) is 5.10 Å². The average Bonchev–Trinajstić information content (AvgIpc) is 3.19. The van der Waals surface area contributed by atoms with Crippen LogP contribution in [0.5, 0.6) is 0 Å². The summed E-state index contributed by atoms with van der Waals surface area (Å²) in [6.07, 6.45) is -4.72. The molecule has 3 heterocycles. The topological polar surface area (TPSA) is 105 Å². The van der Waals surface area contributed by atoms with Crippen LogP contribution in [-0.2, 0) is 0 Å². The summed E-state index contributed by atoms with van der Waals surface area (Å²) in [4.78, 5) is 7.77. The molecule has 12 heteroatoms. The van der Waals surface area contributed by atoms with E-state index in [1.807, 2.05) is 0 Å². The molecule has 0 saturated carbocycles. The SMILES string of the molecule is Nc1cc2ncnn2c(N2N=C(c3ccc(Cl)cc3)CC2(O)C(F)(F)F)n1. The molecule has 1 unspecified atom stereocenters. The zero-order chi connectivity index (χ0) is 19.4. The van der Waals surface area contributed by atoms with Crippen molar-refractivity contribution in [3.05, 3.63) is 47.2 Å². The van der Waals surface area contributed by atoms with Crippen LogP contribution in [0.4, 0.5) is 24.9 Å². The minimum absolute atomic E-state index is 0.00369. The fraction of sp³-hybridized carbons (Fsp3) is 0.200. The van der Waals surface area contributed by atoms with E-state index in [0.717, 1.165) is 10.8 Å². The average molecular weight is 398 g/mol. The molecule has 4 rings (SSSR count). The molecule has 8 nitrogen and oxygen atoms in total. The Hall–Kier alpha value is -2.92. The number of rotatable bonds is 2. The number of benzene rings is 1. The van der Waals surface area contributed by atoms with Gasteiger partial charge in [-0.1, -0.05) is 23.7 Å². The Morgan fingerprint density at radius 3 is 2.59 bits per heavy atom. The largest absolute Gasteiger partial charge is 0.438 e. The number of halogens is 4. The van der Waals surface area contributed by atoms with E-state index in [4.69, 9.17) is 17.3 Å². The first-order valence-corrected chi connectivity index (χ1v) is 7.96. The van der Waals surface area contributed by atoms with E-state index in [1.165, 1.54) is 30.3 Å². The van der Waals surface area contributed by atoms with Crippen molar-refractivity contribution in [1.29, 1.82) is 0 Å². The normalized spacial score (nSPS) is 20.3. The van der Waals surface area contributed by atoms with E-state index in [9.17, 15) is 18.3 Å². The second-order valence-electron chi connectivity index (χ2n) is 5.87. The van der Waals surface area contributed by atoms with Gasteiger partial charge in [0.15, 0.2) is 5.65 Å². The molecule has 0 spiro atoms. The van der Waals surface area contributed by atoms with Gasteiger partial charge in [0.05, 0.1) is 12.1 Å². The number of nitrogens with two attached hydrogens (primary N) is 1. The minimum Gasteiger partial charge on any atom is -0.383 e. The number of anilines is 2. The summed E-state index contributed by atoms with van der Waals surface area (Å²) in [5.41, 5.74) is 2.88. The monoisotopic (exact) mass is 397 g/mol. The summed E-state index contributed by atoms with van der Waals surface area (Å²) in [5.74, 6) is -0.503. The highest BCUT2D eigenvalue weighted by Gasteiger charge is 2.63. The molecular weight excluding hydrogens is 387 g/mol. The third-order valence-corrected chi connectivity index (χ3v) is 4.33. The number of fused-ring (bicyclic) bond motifs is 1. The number of alkyl halides is 3. The first-order valence-electron chi connectivity index (χ1n) is 7.58. The molecule has 0 amide bonds. The lowest BCUT2D eigenvalue weighted by Gasteiger charge is -2.33. The zero-order valence-corrected chi connectivity index (χ0v) is 14.1. The summed E-state index contributed by atoms with van der Waals surface area (Å²) in [5, 5.41) is 19.1. The van der Waals surface area contributed by atoms with Gasteiger partial charge in [0, 0.05) is 11.1 Å². The van der Waals surface area contributed by atoms with Gasteiger partial charge in [0.25, 0.3) is 11.7 Å². The lowest BCUT2D eigenvalue weighted by atomic mass is 10.0. The summed E-state index contributed by atoms with van der Waals surface area (Å²) < 4.78 is 42.3. The van der Waals surface area contributed by atoms with Crippen molar-refractivity contribution in [2.75, 3.05) is 10.7 Å². The molecule has 3 aromatic rings. The van der Waals surface area contributed by atoms with Crippen molar-refractivity contribution in [3.8, 4) is 0 Å². The standard InChI is InChI=1S/C15H11ClF3N7O/c16-9-3-1-8(2-4-9)10-6-14(27,15(17,18)19)26(24-10)13-23-11(20)5-12-21-7-22-25(12)13/h1-5,7,27H,6,20H2. The van der Waals surface area contributed by atoms with Gasteiger partial charge in [-0.15, -0.1) is 0 Å². The Labute approximate surface area is 154 Å². The van der Waals surface area contributed by atoms with E-state index in [2.05, 4.69) is 20.2 Å². The maximum absolute atomic E-state index is 13.8. The van der Waals surface area contributed by atoms with E-state index in [0.29, 0.717) is 15.6 Å². The van der Waals surface area contributed by atoms with Crippen LogP contribution in [0, 0.1) is 0 Å². The van der Waals surface area contributed by atoms with Crippen LogP contribution in [0.15, 0.2) is 41.8 Å². The highest BCUT2D eigenvalue weighted by Crippen LogP contribution is 2.43. The van der Waals surface area contributed by atoms with Crippen molar-refractivity contribution < 1.29 is 18.3 Å².